The van der Waals surface area contributed by atoms with Crippen LogP contribution in [0, 0.1) is 17.8 Å². The summed E-state index contributed by atoms with van der Waals surface area (Å²) in [7, 11) is -3.64. The van der Waals surface area contributed by atoms with Crippen LogP contribution in [0.25, 0.3) is 0 Å². The SMILES string of the molecule is O=C(O)c1cccc(S(=O)(=O)NCC(C2CC2)C2CC2)c1. The Morgan fingerprint density at radius 2 is 1.86 bits per heavy atom. The maximum atomic E-state index is 12.3. The summed E-state index contributed by atoms with van der Waals surface area (Å²) in [5.41, 5.74) is -0.0150. The van der Waals surface area contributed by atoms with Gasteiger partial charge in [0.05, 0.1) is 10.5 Å². The van der Waals surface area contributed by atoms with Gasteiger partial charge in [0, 0.05) is 6.54 Å². The summed E-state index contributed by atoms with van der Waals surface area (Å²) in [6.07, 6.45) is 4.82. The van der Waals surface area contributed by atoms with Crippen LogP contribution in [0.15, 0.2) is 29.2 Å². The van der Waals surface area contributed by atoms with Crippen molar-refractivity contribution in [3.05, 3.63) is 29.8 Å². The number of carboxylic acids is 1. The lowest BCUT2D eigenvalue weighted by Crippen LogP contribution is -2.31. The summed E-state index contributed by atoms with van der Waals surface area (Å²) in [5.74, 6) is 0.666. The first kappa shape index (κ1) is 14.5. The first-order valence-electron chi connectivity index (χ1n) is 7.30. The van der Waals surface area contributed by atoms with Crippen molar-refractivity contribution in [3.63, 3.8) is 0 Å². The third kappa shape index (κ3) is 3.44. The summed E-state index contributed by atoms with van der Waals surface area (Å²) < 4.78 is 27.3. The number of hydrogen-bond acceptors (Lipinski definition) is 3. The molecule has 2 N–H and O–H groups in total. The zero-order chi connectivity index (χ0) is 15.0. The van der Waals surface area contributed by atoms with E-state index < -0.39 is 16.0 Å². The Kier molecular flexibility index (Phi) is 3.75. The Morgan fingerprint density at radius 1 is 1.24 bits per heavy atom. The van der Waals surface area contributed by atoms with Crippen molar-refractivity contribution in [1.29, 1.82) is 0 Å². The van der Waals surface area contributed by atoms with Gasteiger partial charge < -0.3 is 5.11 Å². The van der Waals surface area contributed by atoms with E-state index in [4.69, 9.17) is 5.11 Å². The molecule has 0 heterocycles. The van der Waals surface area contributed by atoms with E-state index in [0.29, 0.717) is 24.3 Å². The molecule has 0 saturated heterocycles. The van der Waals surface area contributed by atoms with Gasteiger partial charge in [0.1, 0.15) is 0 Å². The highest BCUT2D eigenvalue weighted by Crippen LogP contribution is 2.48. The van der Waals surface area contributed by atoms with Gasteiger partial charge in [-0.25, -0.2) is 17.9 Å². The van der Waals surface area contributed by atoms with Crippen LogP contribution in [0.5, 0.6) is 0 Å². The summed E-state index contributed by atoms with van der Waals surface area (Å²) in [5, 5.41) is 8.94. The molecule has 1 aromatic carbocycles. The van der Waals surface area contributed by atoms with Crippen LogP contribution in [-0.4, -0.2) is 26.0 Å². The third-order valence-electron chi connectivity index (χ3n) is 4.36. The van der Waals surface area contributed by atoms with E-state index in [9.17, 15) is 13.2 Å². The molecule has 0 unspecified atom stereocenters. The van der Waals surface area contributed by atoms with E-state index in [2.05, 4.69) is 4.72 Å². The molecule has 6 heteroatoms. The number of rotatable bonds is 7. The molecule has 0 atom stereocenters. The number of aromatic carboxylic acids is 1. The van der Waals surface area contributed by atoms with Crippen LogP contribution in [0.1, 0.15) is 36.0 Å². The Morgan fingerprint density at radius 3 is 2.38 bits per heavy atom. The molecule has 5 nitrogen and oxygen atoms in total. The quantitative estimate of drug-likeness (QED) is 0.808. The number of benzene rings is 1. The van der Waals surface area contributed by atoms with E-state index in [1.54, 1.807) is 0 Å². The Bertz CT molecular complexity index is 635. The highest BCUT2D eigenvalue weighted by Gasteiger charge is 2.41. The van der Waals surface area contributed by atoms with Gasteiger partial charge in [-0.15, -0.1) is 0 Å². The topological polar surface area (TPSA) is 83.5 Å². The van der Waals surface area contributed by atoms with Crippen LogP contribution in [0.3, 0.4) is 0 Å². The predicted octanol–water partition coefficient (Wildman–Crippen LogP) is 2.10. The molecule has 2 aliphatic rings. The van der Waals surface area contributed by atoms with Gasteiger partial charge in [0.25, 0.3) is 0 Å². The number of carbonyl (C=O) groups is 1. The molecule has 21 heavy (non-hydrogen) atoms. The van der Waals surface area contributed by atoms with Crippen molar-refractivity contribution < 1.29 is 18.3 Å². The van der Waals surface area contributed by atoms with E-state index in [-0.39, 0.29) is 10.5 Å². The van der Waals surface area contributed by atoms with Gasteiger partial charge in [0.2, 0.25) is 10.0 Å². The van der Waals surface area contributed by atoms with Gasteiger partial charge in [-0.2, -0.15) is 0 Å². The summed E-state index contributed by atoms with van der Waals surface area (Å²) in [6.45, 7) is 0.467. The number of sulfonamides is 1. The minimum Gasteiger partial charge on any atom is -0.478 e. The van der Waals surface area contributed by atoms with Gasteiger partial charge in [-0.1, -0.05) is 6.07 Å². The lowest BCUT2D eigenvalue weighted by Gasteiger charge is -2.16. The van der Waals surface area contributed by atoms with Crippen molar-refractivity contribution >= 4 is 16.0 Å². The van der Waals surface area contributed by atoms with Crippen LogP contribution >= 0.6 is 0 Å². The molecule has 2 aliphatic carbocycles. The fraction of sp³-hybridized carbons (Fsp3) is 0.533. The summed E-state index contributed by atoms with van der Waals surface area (Å²) in [6, 6.07) is 5.47. The van der Waals surface area contributed by atoms with Crippen molar-refractivity contribution in [3.8, 4) is 0 Å². The summed E-state index contributed by atoms with van der Waals surface area (Å²) >= 11 is 0. The van der Waals surface area contributed by atoms with Gasteiger partial charge in [-0.05, 0) is 61.6 Å². The van der Waals surface area contributed by atoms with Crippen LogP contribution in [0.4, 0.5) is 0 Å². The monoisotopic (exact) mass is 309 g/mol. The molecule has 0 bridgehead atoms. The van der Waals surface area contributed by atoms with E-state index in [1.165, 1.54) is 49.9 Å². The van der Waals surface area contributed by atoms with Crippen molar-refractivity contribution in [2.45, 2.75) is 30.6 Å². The van der Waals surface area contributed by atoms with Gasteiger partial charge in [-0.3, -0.25) is 0 Å². The first-order valence-corrected chi connectivity index (χ1v) is 8.79. The van der Waals surface area contributed by atoms with Crippen molar-refractivity contribution in [2.75, 3.05) is 6.54 Å². The average molecular weight is 309 g/mol. The fourth-order valence-corrected chi connectivity index (χ4v) is 3.97. The molecular weight excluding hydrogens is 290 g/mol. The minimum atomic E-state index is -3.64. The maximum Gasteiger partial charge on any atom is 0.335 e. The molecule has 0 aromatic heterocycles. The maximum absolute atomic E-state index is 12.3. The largest absolute Gasteiger partial charge is 0.478 e. The second-order valence-corrected chi connectivity index (χ2v) is 7.79. The van der Waals surface area contributed by atoms with Crippen LogP contribution < -0.4 is 4.72 Å². The lowest BCUT2D eigenvalue weighted by atomic mass is 9.99. The van der Waals surface area contributed by atoms with Gasteiger partial charge >= 0.3 is 5.97 Å². The predicted molar refractivity (Wildman–Crippen MR) is 77.5 cm³/mol. The summed E-state index contributed by atoms with van der Waals surface area (Å²) in [4.78, 5) is 10.9. The standard InChI is InChI=1S/C15H19NO4S/c17-15(18)12-2-1-3-13(8-12)21(19,20)16-9-14(10-4-5-10)11-6-7-11/h1-3,8,10-11,14,16H,4-7,9H2,(H,17,18). The molecule has 1 aromatic rings. The molecule has 0 spiro atoms. The van der Waals surface area contributed by atoms with Crippen LogP contribution in [-0.2, 0) is 10.0 Å². The van der Waals surface area contributed by atoms with E-state index in [1.807, 2.05) is 0 Å². The normalized spacial score (nSPS) is 18.9. The van der Waals surface area contributed by atoms with Crippen molar-refractivity contribution in [1.82, 2.24) is 4.72 Å². The second kappa shape index (κ2) is 5.42. The van der Waals surface area contributed by atoms with E-state index >= 15 is 0 Å². The highest BCUT2D eigenvalue weighted by molar-refractivity contribution is 7.89. The van der Waals surface area contributed by atoms with Gasteiger partial charge in [0.15, 0.2) is 0 Å². The van der Waals surface area contributed by atoms with Crippen LogP contribution in [0.2, 0.25) is 0 Å². The number of carboxylic acid groups (broad SMARTS) is 1. The first-order chi connectivity index (χ1) is 9.97. The molecule has 3 rings (SSSR count). The number of hydrogen-bond donors (Lipinski definition) is 2. The molecule has 2 saturated carbocycles. The Labute approximate surface area is 124 Å². The lowest BCUT2D eigenvalue weighted by molar-refractivity contribution is 0.0696. The molecular formula is C15H19NO4S. The zero-order valence-corrected chi connectivity index (χ0v) is 12.5. The Balaban J connectivity index is 1.71. The van der Waals surface area contributed by atoms with E-state index in [0.717, 1.165) is 0 Å². The Hall–Kier alpha value is -1.40. The molecule has 0 radical (unpaired) electrons. The number of nitrogens with one attached hydrogen (secondary N) is 1. The highest BCUT2D eigenvalue weighted by atomic mass is 32.2. The molecule has 114 valence electrons. The average Bonchev–Trinajstić information content (AvgIpc) is 3.32. The third-order valence-corrected chi connectivity index (χ3v) is 5.78. The minimum absolute atomic E-state index is 0.0150. The molecule has 2 fully saturated rings. The zero-order valence-electron chi connectivity index (χ0n) is 11.7. The van der Waals surface area contributed by atoms with Crippen molar-refractivity contribution in [2.24, 2.45) is 17.8 Å². The fourth-order valence-electron chi connectivity index (χ4n) is 2.85. The smallest absolute Gasteiger partial charge is 0.335 e. The second-order valence-electron chi connectivity index (χ2n) is 6.02. The molecule has 0 aliphatic heterocycles. The molecule has 0 amide bonds.